The van der Waals surface area contributed by atoms with E-state index in [1.807, 2.05) is 12.1 Å². The molecule has 0 radical (unpaired) electrons. The molecule has 1 N–H and O–H groups in total. The predicted molar refractivity (Wildman–Crippen MR) is 79.9 cm³/mol. The first-order chi connectivity index (χ1) is 9.63. The summed E-state index contributed by atoms with van der Waals surface area (Å²) in [6.45, 7) is 0. The van der Waals surface area contributed by atoms with Crippen molar-refractivity contribution >= 4 is 37.6 Å². The largest absolute Gasteiger partial charge is 0.496 e. The summed E-state index contributed by atoms with van der Waals surface area (Å²) in [5.41, 5.74) is 1.09. The first-order valence-corrected chi connectivity index (χ1v) is 6.63. The van der Waals surface area contributed by atoms with Crippen molar-refractivity contribution in [2.75, 3.05) is 7.11 Å². The maximum Gasteiger partial charge on any atom is 0.219 e. The smallest absolute Gasteiger partial charge is 0.219 e. The number of hydrogen-bond acceptors (Lipinski definition) is 4. The lowest BCUT2D eigenvalue weighted by Crippen LogP contribution is -1.89. The van der Waals surface area contributed by atoms with E-state index < -0.39 is 0 Å². The standard InChI is InChI=1S/C15H9BrN2O2/c1-20-14-6-10-9-3-2-8(7-17)4-13(9)18-15(19)11(10)5-12(14)16/h2-6H,1H3,(H,18,19). The van der Waals surface area contributed by atoms with E-state index in [9.17, 15) is 5.11 Å². The Balaban J connectivity index is 2.49. The van der Waals surface area contributed by atoms with Gasteiger partial charge in [0, 0.05) is 16.2 Å². The minimum absolute atomic E-state index is 0.0639. The van der Waals surface area contributed by atoms with Gasteiger partial charge < -0.3 is 9.84 Å². The van der Waals surface area contributed by atoms with Crippen LogP contribution < -0.4 is 4.74 Å². The van der Waals surface area contributed by atoms with Crippen LogP contribution in [0.2, 0.25) is 0 Å². The fourth-order valence-electron chi connectivity index (χ4n) is 2.21. The molecule has 1 aromatic heterocycles. The number of hydrogen-bond donors (Lipinski definition) is 1. The first-order valence-electron chi connectivity index (χ1n) is 5.84. The molecule has 0 saturated heterocycles. The monoisotopic (exact) mass is 328 g/mol. The van der Waals surface area contributed by atoms with E-state index in [1.54, 1.807) is 25.3 Å². The van der Waals surface area contributed by atoms with Crippen LogP contribution in [0.1, 0.15) is 5.56 Å². The molecule has 0 bridgehead atoms. The van der Waals surface area contributed by atoms with Gasteiger partial charge in [-0.1, -0.05) is 6.07 Å². The van der Waals surface area contributed by atoms with Crippen LogP contribution in [0.25, 0.3) is 21.7 Å². The number of methoxy groups -OCH3 is 1. The van der Waals surface area contributed by atoms with Crippen LogP contribution in [0.15, 0.2) is 34.8 Å². The molecule has 0 aliphatic carbocycles. The maximum absolute atomic E-state index is 10.1. The zero-order valence-corrected chi connectivity index (χ0v) is 12.1. The van der Waals surface area contributed by atoms with Gasteiger partial charge in [-0.25, -0.2) is 4.98 Å². The molecule has 98 valence electrons. The van der Waals surface area contributed by atoms with Crippen molar-refractivity contribution in [2.24, 2.45) is 0 Å². The van der Waals surface area contributed by atoms with Crippen LogP contribution in [0, 0.1) is 11.3 Å². The highest BCUT2D eigenvalue weighted by atomic mass is 79.9. The summed E-state index contributed by atoms with van der Waals surface area (Å²) >= 11 is 3.39. The molecule has 4 nitrogen and oxygen atoms in total. The fourth-order valence-corrected chi connectivity index (χ4v) is 2.72. The SMILES string of the molecule is COc1cc2c(cc1Br)c(O)nc1cc(C#N)ccc12. The van der Waals surface area contributed by atoms with Crippen molar-refractivity contribution in [3.8, 4) is 17.7 Å². The minimum Gasteiger partial charge on any atom is -0.496 e. The second-order valence-corrected chi connectivity index (χ2v) is 5.17. The normalized spacial score (nSPS) is 10.7. The van der Waals surface area contributed by atoms with Crippen molar-refractivity contribution in [1.82, 2.24) is 4.98 Å². The molecule has 0 fully saturated rings. The van der Waals surface area contributed by atoms with E-state index >= 15 is 0 Å². The molecule has 0 spiro atoms. The molecule has 0 aliphatic heterocycles. The minimum atomic E-state index is -0.0639. The van der Waals surface area contributed by atoms with E-state index in [0.29, 0.717) is 22.2 Å². The van der Waals surface area contributed by atoms with Gasteiger partial charge in [-0.15, -0.1) is 0 Å². The Kier molecular flexibility index (Phi) is 2.96. The molecule has 0 unspecified atom stereocenters. The van der Waals surface area contributed by atoms with Gasteiger partial charge in [-0.3, -0.25) is 0 Å². The molecule has 0 amide bonds. The fraction of sp³-hybridized carbons (Fsp3) is 0.0667. The van der Waals surface area contributed by atoms with Crippen molar-refractivity contribution < 1.29 is 9.84 Å². The highest BCUT2D eigenvalue weighted by Crippen LogP contribution is 2.37. The van der Waals surface area contributed by atoms with E-state index in [-0.39, 0.29) is 5.88 Å². The number of aromatic hydroxyl groups is 1. The number of aromatic nitrogens is 1. The van der Waals surface area contributed by atoms with Gasteiger partial charge in [-0.2, -0.15) is 5.26 Å². The van der Waals surface area contributed by atoms with Gasteiger partial charge in [0.25, 0.3) is 0 Å². The van der Waals surface area contributed by atoms with Crippen LogP contribution in [0.5, 0.6) is 11.6 Å². The van der Waals surface area contributed by atoms with Gasteiger partial charge in [0.2, 0.25) is 5.88 Å². The second-order valence-electron chi connectivity index (χ2n) is 4.31. The van der Waals surface area contributed by atoms with Gasteiger partial charge in [0.1, 0.15) is 5.75 Å². The Bertz CT molecular complexity index is 885. The van der Waals surface area contributed by atoms with Gasteiger partial charge >= 0.3 is 0 Å². The van der Waals surface area contributed by atoms with Crippen LogP contribution in [-0.2, 0) is 0 Å². The third-order valence-electron chi connectivity index (χ3n) is 3.18. The molecule has 3 rings (SSSR count). The molecular weight excluding hydrogens is 320 g/mol. The van der Waals surface area contributed by atoms with E-state index in [1.165, 1.54) is 0 Å². The summed E-state index contributed by atoms with van der Waals surface area (Å²) in [5, 5.41) is 21.3. The maximum atomic E-state index is 10.1. The third-order valence-corrected chi connectivity index (χ3v) is 3.80. The van der Waals surface area contributed by atoms with Crippen molar-refractivity contribution in [3.63, 3.8) is 0 Å². The summed E-state index contributed by atoms with van der Waals surface area (Å²) < 4.78 is 6.03. The Labute approximate surface area is 123 Å². The van der Waals surface area contributed by atoms with Gasteiger partial charge in [0.15, 0.2) is 0 Å². The first kappa shape index (κ1) is 12.7. The summed E-state index contributed by atoms with van der Waals surface area (Å²) in [4.78, 5) is 4.15. The molecule has 5 heteroatoms. The summed E-state index contributed by atoms with van der Waals surface area (Å²) in [7, 11) is 1.59. The molecule has 0 atom stereocenters. The zero-order chi connectivity index (χ0) is 14.3. The van der Waals surface area contributed by atoms with Gasteiger partial charge in [-0.05, 0) is 40.2 Å². The molecule has 1 heterocycles. The van der Waals surface area contributed by atoms with Crippen LogP contribution in [0.4, 0.5) is 0 Å². The quantitative estimate of drug-likeness (QED) is 0.691. The number of benzene rings is 2. The lowest BCUT2D eigenvalue weighted by Gasteiger charge is -2.09. The van der Waals surface area contributed by atoms with E-state index in [4.69, 9.17) is 10.00 Å². The van der Waals surface area contributed by atoms with Crippen molar-refractivity contribution in [1.29, 1.82) is 5.26 Å². The summed E-state index contributed by atoms with van der Waals surface area (Å²) in [5.74, 6) is 0.611. The van der Waals surface area contributed by atoms with Crippen LogP contribution in [0.3, 0.4) is 0 Å². The number of halogens is 1. The molecular formula is C15H9BrN2O2. The van der Waals surface area contributed by atoms with Crippen LogP contribution >= 0.6 is 15.9 Å². The Morgan fingerprint density at radius 3 is 2.70 bits per heavy atom. The molecule has 2 aromatic carbocycles. The Morgan fingerprint density at radius 2 is 2.00 bits per heavy atom. The predicted octanol–water partition coefficient (Wildman–Crippen LogP) is 3.74. The lowest BCUT2D eigenvalue weighted by atomic mass is 10.0. The third kappa shape index (κ3) is 1.86. The lowest BCUT2D eigenvalue weighted by molar-refractivity contribution is 0.412. The highest BCUT2D eigenvalue weighted by molar-refractivity contribution is 9.10. The number of pyridine rings is 1. The van der Waals surface area contributed by atoms with E-state index in [0.717, 1.165) is 15.2 Å². The van der Waals surface area contributed by atoms with Crippen molar-refractivity contribution in [3.05, 3.63) is 40.4 Å². The Morgan fingerprint density at radius 1 is 1.20 bits per heavy atom. The van der Waals surface area contributed by atoms with Gasteiger partial charge in [0.05, 0.1) is 28.7 Å². The Hall–Kier alpha value is -2.32. The molecule has 20 heavy (non-hydrogen) atoms. The number of nitrogens with zero attached hydrogens (tertiary/aromatic N) is 2. The average Bonchev–Trinajstić information content (AvgIpc) is 2.46. The second kappa shape index (κ2) is 4.66. The van der Waals surface area contributed by atoms with E-state index in [2.05, 4.69) is 27.0 Å². The average molecular weight is 329 g/mol. The zero-order valence-electron chi connectivity index (χ0n) is 10.5. The topological polar surface area (TPSA) is 66.1 Å². The number of fused-ring (bicyclic) bond motifs is 3. The molecule has 0 aliphatic rings. The number of nitriles is 1. The summed E-state index contributed by atoms with van der Waals surface area (Å²) in [6, 6.07) is 10.9. The molecule has 3 aromatic rings. The van der Waals surface area contributed by atoms with Crippen LogP contribution in [-0.4, -0.2) is 17.2 Å². The number of ether oxygens (including phenoxy) is 1. The molecule has 0 saturated carbocycles. The van der Waals surface area contributed by atoms with Crippen molar-refractivity contribution in [2.45, 2.75) is 0 Å². The number of rotatable bonds is 1. The highest BCUT2D eigenvalue weighted by Gasteiger charge is 2.12. The summed E-state index contributed by atoms with van der Waals surface area (Å²) in [6.07, 6.45) is 0.